The first kappa shape index (κ1) is 21.4. The minimum atomic E-state index is -0.255. The summed E-state index contributed by atoms with van der Waals surface area (Å²) in [6.07, 6.45) is 0. The van der Waals surface area contributed by atoms with Crippen LogP contribution in [0.3, 0.4) is 0 Å². The van der Waals surface area contributed by atoms with Crippen molar-refractivity contribution in [2.24, 2.45) is 7.05 Å². The van der Waals surface area contributed by atoms with Gasteiger partial charge in [-0.3, -0.25) is 0 Å². The Balaban J connectivity index is 1.66. The van der Waals surface area contributed by atoms with Gasteiger partial charge in [0.25, 0.3) is 5.69 Å². The second-order valence-electron chi connectivity index (χ2n) is 10.2. The van der Waals surface area contributed by atoms with Gasteiger partial charge in [-0.2, -0.15) is 4.57 Å². The lowest BCUT2D eigenvalue weighted by Gasteiger charge is -2.25. The number of aryl methyl sites for hydroxylation is 2. The Morgan fingerprint density at radius 2 is 1.53 bits per heavy atom. The molecule has 0 amide bonds. The molecule has 0 N–H and O–H groups in total. The van der Waals surface area contributed by atoms with Crippen LogP contribution in [0.1, 0.15) is 11.1 Å². The van der Waals surface area contributed by atoms with Crippen LogP contribution in [-0.2, 0) is 7.05 Å². The summed E-state index contributed by atoms with van der Waals surface area (Å²) in [6.45, 7) is 4.35. The van der Waals surface area contributed by atoms with E-state index in [1.165, 1.54) is 16.7 Å². The number of hydrogen-bond acceptors (Lipinski definition) is 1. The molecule has 0 radical (unpaired) electrons. The number of benzene rings is 5. The molecule has 0 saturated carbocycles. The van der Waals surface area contributed by atoms with Gasteiger partial charge in [0, 0.05) is 22.2 Å². The van der Waals surface area contributed by atoms with E-state index in [2.05, 4.69) is 72.5 Å². The van der Waals surface area contributed by atoms with Gasteiger partial charge < -0.3 is 9.30 Å². The van der Waals surface area contributed by atoms with Gasteiger partial charge in [-0.1, -0.05) is 60.7 Å². The molecule has 38 heavy (non-hydrogen) atoms. The van der Waals surface area contributed by atoms with Crippen molar-refractivity contribution in [2.75, 3.05) is 0 Å². The number of ether oxygens (including phenoxy) is 1. The molecule has 8 rings (SSSR count). The topological polar surface area (TPSA) is 18.0 Å². The van der Waals surface area contributed by atoms with Crippen molar-refractivity contribution < 1.29 is 13.7 Å². The van der Waals surface area contributed by atoms with Crippen LogP contribution in [-0.4, -0.2) is 4.57 Å². The predicted octanol–water partition coefficient (Wildman–Crippen LogP) is 8.44. The second-order valence-corrected chi connectivity index (χ2v) is 10.2. The number of fused-ring (bicyclic) bond motifs is 6. The fourth-order valence-corrected chi connectivity index (χ4v) is 6.44. The van der Waals surface area contributed by atoms with Crippen LogP contribution in [0.5, 0.6) is 11.5 Å². The molecule has 2 aromatic heterocycles. The van der Waals surface area contributed by atoms with E-state index >= 15 is 4.39 Å². The second kappa shape index (κ2) is 7.42. The molecule has 0 spiro atoms. The normalized spacial score (nSPS) is 12.4. The number of nitrogens with zero attached hydrogens (tertiary/aromatic N) is 2. The minimum absolute atomic E-state index is 0.255. The zero-order chi connectivity index (χ0) is 25.7. The lowest BCUT2D eigenvalue weighted by Crippen LogP contribution is -2.34. The van der Waals surface area contributed by atoms with E-state index in [0.717, 1.165) is 60.8 Å². The molecule has 0 saturated heterocycles. The van der Waals surface area contributed by atoms with Crippen LogP contribution in [0, 0.1) is 19.7 Å². The van der Waals surface area contributed by atoms with E-state index in [4.69, 9.17) is 4.74 Å². The smallest absolute Gasteiger partial charge is 0.259 e. The Kier molecular flexibility index (Phi) is 4.18. The number of halogens is 1. The first-order chi connectivity index (χ1) is 18.5. The molecule has 3 heterocycles. The van der Waals surface area contributed by atoms with Gasteiger partial charge in [0.2, 0.25) is 11.3 Å². The van der Waals surface area contributed by atoms with Gasteiger partial charge in [0.1, 0.15) is 24.3 Å². The molecule has 3 nitrogen and oxygen atoms in total. The summed E-state index contributed by atoms with van der Waals surface area (Å²) in [5.41, 5.74) is 8.05. The first-order valence-electron chi connectivity index (χ1n) is 12.9. The number of aromatic nitrogens is 2. The molecule has 5 aromatic carbocycles. The van der Waals surface area contributed by atoms with Gasteiger partial charge in [-0.05, 0) is 54.6 Å². The standard InChI is InChI=1S/C34H24FN2O/c1-19-18-21-10-8-17-28-30(21)29(20(19)2)33-34(38-28)32(24-12-5-6-15-26(24)36(33)3)37-27-16-7-4-11-22(27)23-13-9-14-25(35)31(23)37/h4-18H,1-3H3/q+1. The molecular formula is C34H24FN2O+. The summed E-state index contributed by atoms with van der Waals surface area (Å²) < 4.78 is 26.9. The van der Waals surface area contributed by atoms with E-state index in [1.807, 2.05) is 36.4 Å². The average molecular weight is 496 g/mol. The van der Waals surface area contributed by atoms with Gasteiger partial charge in [0.15, 0.2) is 0 Å². The van der Waals surface area contributed by atoms with E-state index < -0.39 is 0 Å². The summed E-state index contributed by atoms with van der Waals surface area (Å²) in [4.78, 5) is 0. The summed E-state index contributed by atoms with van der Waals surface area (Å²) in [5, 5.41) is 5.17. The summed E-state index contributed by atoms with van der Waals surface area (Å²) in [7, 11) is 2.10. The molecule has 0 aliphatic carbocycles. The molecule has 0 atom stereocenters. The molecule has 182 valence electrons. The summed E-state index contributed by atoms with van der Waals surface area (Å²) >= 11 is 0. The van der Waals surface area contributed by atoms with Crippen molar-refractivity contribution in [1.82, 2.24) is 4.57 Å². The van der Waals surface area contributed by atoms with Crippen molar-refractivity contribution in [3.63, 3.8) is 0 Å². The monoisotopic (exact) mass is 495 g/mol. The van der Waals surface area contributed by atoms with Gasteiger partial charge >= 0.3 is 0 Å². The largest absolute Gasteiger partial charge is 0.447 e. The third-order valence-electron chi connectivity index (χ3n) is 8.25. The van der Waals surface area contributed by atoms with Crippen LogP contribution in [0.4, 0.5) is 4.39 Å². The highest BCUT2D eigenvalue weighted by molar-refractivity contribution is 6.12. The van der Waals surface area contributed by atoms with E-state index in [1.54, 1.807) is 12.1 Å². The predicted molar refractivity (Wildman–Crippen MR) is 152 cm³/mol. The number of pyridine rings is 1. The van der Waals surface area contributed by atoms with Crippen molar-refractivity contribution in [3.8, 4) is 28.4 Å². The van der Waals surface area contributed by atoms with E-state index in [0.29, 0.717) is 5.52 Å². The molecule has 0 fully saturated rings. The molecular weight excluding hydrogens is 471 g/mol. The highest BCUT2D eigenvalue weighted by Crippen LogP contribution is 2.51. The Morgan fingerprint density at radius 1 is 0.789 bits per heavy atom. The first-order valence-corrected chi connectivity index (χ1v) is 12.9. The number of para-hydroxylation sites is 3. The zero-order valence-electron chi connectivity index (χ0n) is 21.3. The molecule has 7 aromatic rings. The highest BCUT2D eigenvalue weighted by Gasteiger charge is 2.36. The molecule has 0 bridgehead atoms. The van der Waals surface area contributed by atoms with Crippen LogP contribution >= 0.6 is 0 Å². The summed E-state index contributed by atoms with van der Waals surface area (Å²) in [6, 6.07) is 30.3. The van der Waals surface area contributed by atoms with E-state index in [9.17, 15) is 0 Å². The van der Waals surface area contributed by atoms with Gasteiger partial charge in [-0.15, -0.1) is 0 Å². The molecule has 1 aliphatic rings. The fourth-order valence-electron chi connectivity index (χ4n) is 6.44. The minimum Gasteiger partial charge on any atom is -0.447 e. The van der Waals surface area contributed by atoms with Crippen LogP contribution in [0.25, 0.3) is 60.4 Å². The van der Waals surface area contributed by atoms with Crippen molar-refractivity contribution in [1.29, 1.82) is 0 Å². The van der Waals surface area contributed by atoms with Crippen molar-refractivity contribution >= 4 is 43.5 Å². The van der Waals surface area contributed by atoms with Crippen LogP contribution in [0.15, 0.2) is 91.0 Å². The number of rotatable bonds is 1. The maximum Gasteiger partial charge on any atom is 0.259 e. The SMILES string of the molecule is Cc1cc2cccc3c2c(c1C)-c1c(c(-n2c4ccccc4c4cccc(F)c42)c2ccccc2[n+]1C)O3. The maximum absolute atomic E-state index is 15.8. The third-order valence-corrected chi connectivity index (χ3v) is 8.25. The third kappa shape index (κ3) is 2.59. The Bertz CT molecular complexity index is 2160. The van der Waals surface area contributed by atoms with Gasteiger partial charge in [0.05, 0.1) is 22.0 Å². The zero-order valence-corrected chi connectivity index (χ0v) is 21.3. The Labute approximate surface area is 218 Å². The quantitative estimate of drug-likeness (QED) is 0.209. The molecule has 0 unspecified atom stereocenters. The van der Waals surface area contributed by atoms with Crippen molar-refractivity contribution in [2.45, 2.75) is 13.8 Å². The fraction of sp³-hybridized carbons (Fsp3) is 0.0882. The molecule has 4 heteroatoms. The Hall–Kier alpha value is -4.70. The number of hydrogen-bond donors (Lipinski definition) is 0. The van der Waals surface area contributed by atoms with Crippen LogP contribution < -0.4 is 9.30 Å². The van der Waals surface area contributed by atoms with E-state index in [-0.39, 0.29) is 5.82 Å². The maximum atomic E-state index is 15.8. The lowest BCUT2D eigenvalue weighted by molar-refractivity contribution is -0.633. The van der Waals surface area contributed by atoms with Crippen molar-refractivity contribution in [3.05, 3.63) is 108 Å². The molecule has 1 aliphatic heterocycles. The lowest BCUT2D eigenvalue weighted by atomic mass is 9.90. The highest BCUT2D eigenvalue weighted by atomic mass is 19.1. The van der Waals surface area contributed by atoms with Gasteiger partial charge in [-0.25, -0.2) is 4.39 Å². The summed E-state index contributed by atoms with van der Waals surface area (Å²) in [5.74, 6) is 1.31. The van der Waals surface area contributed by atoms with Crippen LogP contribution in [0.2, 0.25) is 0 Å². The Morgan fingerprint density at radius 3 is 2.39 bits per heavy atom. The average Bonchev–Trinajstić information content (AvgIpc) is 3.27.